The summed E-state index contributed by atoms with van der Waals surface area (Å²) in [7, 11) is 0. The number of rotatable bonds is 9. The minimum absolute atomic E-state index is 0.603. The summed E-state index contributed by atoms with van der Waals surface area (Å²) in [6, 6.07) is 9.82. The number of pyridine rings is 1. The van der Waals surface area contributed by atoms with Gasteiger partial charge in [0.1, 0.15) is 5.75 Å². The van der Waals surface area contributed by atoms with Crippen LogP contribution in [-0.2, 0) is 0 Å². The van der Waals surface area contributed by atoms with Crippen LogP contribution >= 0.6 is 23.4 Å². The number of benzene rings is 1. The molecule has 1 aromatic carbocycles. The summed E-state index contributed by atoms with van der Waals surface area (Å²) in [4.78, 5) is 11.6. The zero-order valence-corrected chi connectivity index (χ0v) is 20.8. The summed E-state index contributed by atoms with van der Waals surface area (Å²) >= 11 is 8.72. The highest BCUT2D eigenvalue weighted by molar-refractivity contribution is 7.99. The van der Waals surface area contributed by atoms with Gasteiger partial charge in [0.2, 0.25) is 0 Å². The molecule has 170 valence electrons. The Kier molecular flexibility index (Phi) is 9.69. The number of hydrogen-bond acceptors (Lipinski definition) is 5. The average Bonchev–Trinajstić information content (AvgIpc) is 2.83. The number of hydrogen-bond donors (Lipinski definition) is 0. The van der Waals surface area contributed by atoms with Gasteiger partial charge in [-0.3, -0.25) is 9.98 Å². The molecule has 6 heteroatoms. The number of nitrogens with zero attached hydrogens (tertiary/aromatic N) is 3. The van der Waals surface area contributed by atoms with Crippen LogP contribution in [0.2, 0.25) is 5.02 Å². The van der Waals surface area contributed by atoms with Crippen LogP contribution in [0.1, 0.15) is 44.7 Å². The van der Waals surface area contributed by atoms with Gasteiger partial charge in [0.05, 0.1) is 29.2 Å². The van der Waals surface area contributed by atoms with E-state index in [9.17, 15) is 0 Å². The number of aromatic nitrogens is 1. The molecule has 0 bridgehead atoms. The highest BCUT2D eigenvalue weighted by Crippen LogP contribution is 2.34. The third-order valence-electron chi connectivity index (χ3n) is 5.32. The molecule has 3 rings (SSSR count). The molecule has 0 atom stereocenters. The minimum atomic E-state index is 0.603. The van der Waals surface area contributed by atoms with Crippen LogP contribution in [0.25, 0.3) is 11.3 Å². The van der Waals surface area contributed by atoms with Gasteiger partial charge < -0.3 is 9.64 Å². The zero-order chi connectivity index (χ0) is 22.8. The Morgan fingerprint density at radius 2 is 1.94 bits per heavy atom. The van der Waals surface area contributed by atoms with E-state index in [4.69, 9.17) is 21.3 Å². The third kappa shape index (κ3) is 6.63. The maximum Gasteiger partial charge on any atom is 0.120 e. The number of aliphatic imine (C=N–C) groups is 1. The highest BCUT2D eigenvalue weighted by atomic mass is 35.5. The Labute approximate surface area is 201 Å². The lowest BCUT2D eigenvalue weighted by molar-refractivity contribution is 0.340. The number of unbranched alkanes of at least 4 members (excludes halogenated alkanes) is 1. The molecule has 0 aliphatic carbocycles. The number of halogens is 1. The summed E-state index contributed by atoms with van der Waals surface area (Å²) in [5.74, 6) is 3.07. The van der Waals surface area contributed by atoms with E-state index in [2.05, 4.69) is 29.8 Å². The molecule has 1 aromatic heterocycles. The molecule has 1 saturated heterocycles. The Morgan fingerprint density at radius 3 is 2.59 bits per heavy atom. The fourth-order valence-corrected chi connectivity index (χ4v) is 4.72. The van der Waals surface area contributed by atoms with E-state index in [-0.39, 0.29) is 0 Å². The molecule has 4 nitrogen and oxygen atoms in total. The maximum atomic E-state index is 6.71. The van der Waals surface area contributed by atoms with Crippen LogP contribution in [0, 0.1) is 0 Å². The Hall–Kier alpha value is -2.24. The second kappa shape index (κ2) is 12.7. The van der Waals surface area contributed by atoms with E-state index >= 15 is 0 Å². The Balaban J connectivity index is 2.04. The van der Waals surface area contributed by atoms with Crippen LogP contribution < -0.4 is 4.74 Å². The van der Waals surface area contributed by atoms with Gasteiger partial charge in [-0.15, -0.1) is 0 Å². The molecule has 0 radical (unpaired) electrons. The molecule has 1 aliphatic rings. The van der Waals surface area contributed by atoms with Crippen molar-refractivity contribution in [2.75, 3.05) is 31.2 Å². The quantitative estimate of drug-likeness (QED) is 0.377. The topological polar surface area (TPSA) is 37.7 Å². The SMILES string of the molecule is CCC/C=C(/C=N/C(=C(\C)c1ccncc1)c1ccc(OCC)cc1Cl)N1CCSCC1. The van der Waals surface area contributed by atoms with Gasteiger partial charge in [-0.05, 0) is 61.7 Å². The van der Waals surface area contributed by atoms with Gasteiger partial charge >= 0.3 is 0 Å². The number of thioether (sulfide) groups is 1. The van der Waals surface area contributed by atoms with Gasteiger partial charge in [0.15, 0.2) is 0 Å². The van der Waals surface area contributed by atoms with Crippen LogP contribution in [-0.4, -0.2) is 47.3 Å². The predicted molar refractivity (Wildman–Crippen MR) is 140 cm³/mol. The van der Waals surface area contributed by atoms with Gasteiger partial charge in [0.25, 0.3) is 0 Å². The Bertz CT molecular complexity index is 966. The standard InChI is InChI=1S/C26H32ClN3OS/c1-4-6-7-22(30-14-16-32-17-15-30)19-29-26(20(3)21-10-12-28-13-11-21)24-9-8-23(31-5-2)18-25(24)27/h7-13,18-19H,4-6,14-17H2,1-3H3/b22-7-,26-20+,29-19+. The first-order valence-corrected chi connectivity index (χ1v) is 12.8. The van der Waals surface area contributed by atoms with Gasteiger partial charge in [-0.1, -0.05) is 31.0 Å². The molecule has 0 saturated carbocycles. The second-order valence-electron chi connectivity index (χ2n) is 7.56. The van der Waals surface area contributed by atoms with E-state index in [0.29, 0.717) is 11.6 Å². The van der Waals surface area contributed by atoms with E-state index in [1.807, 2.05) is 55.2 Å². The van der Waals surface area contributed by atoms with Crippen molar-refractivity contribution in [2.45, 2.75) is 33.6 Å². The van der Waals surface area contributed by atoms with Gasteiger partial charge in [-0.2, -0.15) is 11.8 Å². The molecule has 2 aromatic rings. The van der Waals surface area contributed by atoms with Gasteiger partial charge in [0, 0.05) is 42.6 Å². The molecule has 0 N–H and O–H groups in total. The minimum Gasteiger partial charge on any atom is -0.494 e. The average molecular weight is 470 g/mol. The monoisotopic (exact) mass is 469 g/mol. The maximum absolute atomic E-state index is 6.71. The molecule has 0 unspecified atom stereocenters. The zero-order valence-electron chi connectivity index (χ0n) is 19.2. The first-order valence-electron chi connectivity index (χ1n) is 11.2. The fourth-order valence-electron chi connectivity index (χ4n) is 3.56. The van der Waals surface area contributed by atoms with Crippen LogP contribution in [0.4, 0.5) is 0 Å². The molecule has 1 aliphatic heterocycles. The van der Waals surface area contributed by atoms with E-state index in [1.165, 1.54) is 5.70 Å². The van der Waals surface area contributed by atoms with Crippen LogP contribution in [0.15, 0.2) is 59.5 Å². The largest absolute Gasteiger partial charge is 0.494 e. The first-order chi connectivity index (χ1) is 15.6. The highest BCUT2D eigenvalue weighted by Gasteiger charge is 2.15. The lowest BCUT2D eigenvalue weighted by Gasteiger charge is -2.29. The van der Waals surface area contributed by atoms with Crippen molar-refractivity contribution >= 4 is 40.8 Å². The predicted octanol–water partition coefficient (Wildman–Crippen LogP) is 6.83. The summed E-state index contributed by atoms with van der Waals surface area (Å²) < 4.78 is 5.62. The smallest absolute Gasteiger partial charge is 0.120 e. The Morgan fingerprint density at radius 1 is 1.19 bits per heavy atom. The van der Waals surface area contributed by atoms with Crippen molar-refractivity contribution in [3.63, 3.8) is 0 Å². The van der Waals surface area contributed by atoms with Crippen molar-refractivity contribution in [3.8, 4) is 5.75 Å². The summed E-state index contributed by atoms with van der Waals surface area (Å²) in [6.07, 6.45) is 10.1. The van der Waals surface area contributed by atoms with E-state index < -0.39 is 0 Å². The van der Waals surface area contributed by atoms with Crippen LogP contribution in [0.5, 0.6) is 5.75 Å². The molecule has 2 heterocycles. The third-order valence-corrected chi connectivity index (χ3v) is 6.57. The normalized spacial score (nSPS) is 15.8. The first kappa shape index (κ1) is 24.4. The second-order valence-corrected chi connectivity index (χ2v) is 9.19. The van der Waals surface area contributed by atoms with E-state index in [0.717, 1.165) is 65.6 Å². The number of allylic oxidation sites excluding steroid dienone is 3. The molecule has 0 spiro atoms. The van der Waals surface area contributed by atoms with Crippen molar-refractivity contribution in [1.29, 1.82) is 0 Å². The van der Waals surface area contributed by atoms with Crippen molar-refractivity contribution in [1.82, 2.24) is 9.88 Å². The molecule has 32 heavy (non-hydrogen) atoms. The summed E-state index contributed by atoms with van der Waals surface area (Å²) in [5, 5.41) is 0.630. The fraction of sp³-hybridized carbons (Fsp3) is 0.385. The van der Waals surface area contributed by atoms with Crippen molar-refractivity contribution in [3.05, 3.63) is 70.6 Å². The molecule has 1 fully saturated rings. The summed E-state index contributed by atoms with van der Waals surface area (Å²) in [5.41, 5.74) is 5.07. The number of ether oxygens (including phenoxy) is 1. The molecular formula is C26H32ClN3OS. The van der Waals surface area contributed by atoms with Crippen LogP contribution in [0.3, 0.4) is 0 Å². The summed E-state index contributed by atoms with van der Waals surface area (Å²) in [6.45, 7) is 8.97. The molecule has 0 amide bonds. The molecular weight excluding hydrogens is 438 g/mol. The van der Waals surface area contributed by atoms with E-state index in [1.54, 1.807) is 12.4 Å². The van der Waals surface area contributed by atoms with Crippen molar-refractivity contribution < 1.29 is 4.74 Å². The lowest BCUT2D eigenvalue weighted by Crippen LogP contribution is -2.32. The lowest BCUT2D eigenvalue weighted by atomic mass is 10.0. The van der Waals surface area contributed by atoms with Crippen molar-refractivity contribution in [2.24, 2.45) is 4.99 Å². The van der Waals surface area contributed by atoms with Gasteiger partial charge in [-0.25, -0.2) is 0 Å².